The number of nitro groups is 1. The van der Waals surface area contributed by atoms with Crippen LogP contribution in [0.2, 0.25) is 0 Å². The molecule has 0 atom stereocenters. The Morgan fingerprint density at radius 1 is 1.32 bits per heavy atom. The van der Waals surface area contributed by atoms with E-state index < -0.39 is 10.9 Å². The first-order chi connectivity index (χ1) is 11.8. The number of methoxy groups -OCH3 is 1. The van der Waals surface area contributed by atoms with Crippen LogP contribution in [0.4, 0.5) is 5.69 Å². The Balaban J connectivity index is 2.47. The molecule has 0 N–H and O–H groups in total. The lowest BCUT2D eigenvalue weighted by atomic mass is 10.0. The van der Waals surface area contributed by atoms with Gasteiger partial charge >= 0.3 is 5.97 Å². The standard InChI is InChI=1S/C18H20N2O5/c1-11(2)10-19-12(3)16(18(22)25-4)15(17(19)21)9-13-5-7-14(8-6-13)20(23)24/h5-9,11H,10H2,1-4H3. The van der Waals surface area contributed by atoms with Crippen LogP contribution in [0.1, 0.15) is 26.3 Å². The van der Waals surface area contributed by atoms with Crippen LogP contribution in [-0.4, -0.2) is 35.4 Å². The second-order valence-electron chi connectivity index (χ2n) is 6.17. The minimum atomic E-state index is -0.578. The topological polar surface area (TPSA) is 89.8 Å². The number of nitro benzene ring substituents is 1. The summed E-state index contributed by atoms with van der Waals surface area (Å²) in [5.41, 5.74) is 1.57. The van der Waals surface area contributed by atoms with Crippen molar-refractivity contribution in [1.82, 2.24) is 4.90 Å². The van der Waals surface area contributed by atoms with E-state index in [1.807, 2.05) is 13.8 Å². The largest absolute Gasteiger partial charge is 0.465 e. The molecule has 25 heavy (non-hydrogen) atoms. The third-order valence-electron chi connectivity index (χ3n) is 3.86. The van der Waals surface area contributed by atoms with Crippen molar-refractivity contribution in [1.29, 1.82) is 0 Å². The number of benzene rings is 1. The van der Waals surface area contributed by atoms with Crippen LogP contribution in [0.15, 0.2) is 41.1 Å². The first-order valence-electron chi connectivity index (χ1n) is 7.83. The molecular formula is C18H20N2O5. The molecular weight excluding hydrogens is 324 g/mol. The second kappa shape index (κ2) is 7.29. The van der Waals surface area contributed by atoms with Gasteiger partial charge in [0, 0.05) is 24.4 Å². The molecule has 0 aromatic heterocycles. The average molecular weight is 344 g/mol. The summed E-state index contributed by atoms with van der Waals surface area (Å²) in [6.07, 6.45) is 1.56. The maximum Gasteiger partial charge on any atom is 0.340 e. The van der Waals surface area contributed by atoms with E-state index in [1.54, 1.807) is 17.9 Å². The van der Waals surface area contributed by atoms with Crippen molar-refractivity contribution < 1.29 is 19.2 Å². The zero-order valence-electron chi connectivity index (χ0n) is 14.6. The van der Waals surface area contributed by atoms with Gasteiger partial charge in [0.25, 0.3) is 11.6 Å². The molecule has 2 rings (SSSR count). The highest BCUT2D eigenvalue weighted by atomic mass is 16.6. The molecule has 1 amide bonds. The van der Waals surface area contributed by atoms with Gasteiger partial charge in [-0.15, -0.1) is 0 Å². The van der Waals surface area contributed by atoms with Crippen LogP contribution in [0.3, 0.4) is 0 Å². The van der Waals surface area contributed by atoms with Crippen LogP contribution in [-0.2, 0) is 14.3 Å². The highest BCUT2D eigenvalue weighted by Gasteiger charge is 2.37. The average Bonchev–Trinajstić information content (AvgIpc) is 2.79. The maximum atomic E-state index is 12.8. The predicted octanol–water partition coefficient (Wildman–Crippen LogP) is 2.92. The van der Waals surface area contributed by atoms with Gasteiger partial charge in [0.2, 0.25) is 0 Å². The van der Waals surface area contributed by atoms with Crippen molar-refractivity contribution in [2.45, 2.75) is 20.8 Å². The SMILES string of the molecule is COC(=O)C1=C(C)N(CC(C)C)C(=O)C1=Cc1ccc([N+](=O)[O-])cc1. The van der Waals surface area contributed by atoms with Crippen molar-refractivity contribution in [2.75, 3.05) is 13.7 Å². The monoisotopic (exact) mass is 344 g/mol. The number of carbonyl (C=O) groups excluding carboxylic acids is 2. The number of nitrogens with zero attached hydrogens (tertiary/aromatic N) is 2. The van der Waals surface area contributed by atoms with E-state index in [1.165, 1.54) is 31.4 Å². The van der Waals surface area contributed by atoms with Gasteiger partial charge in [0.05, 0.1) is 23.2 Å². The van der Waals surface area contributed by atoms with Crippen LogP contribution in [0.25, 0.3) is 6.08 Å². The minimum absolute atomic E-state index is 0.0405. The number of esters is 1. The fraction of sp³-hybridized carbons (Fsp3) is 0.333. The first-order valence-corrected chi connectivity index (χ1v) is 7.83. The van der Waals surface area contributed by atoms with E-state index in [2.05, 4.69) is 0 Å². The van der Waals surface area contributed by atoms with Crippen molar-refractivity contribution in [2.24, 2.45) is 5.92 Å². The number of non-ortho nitro benzene ring substituents is 1. The number of carbonyl (C=O) groups is 2. The minimum Gasteiger partial charge on any atom is -0.465 e. The molecule has 1 aromatic rings. The summed E-state index contributed by atoms with van der Waals surface area (Å²) in [5, 5.41) is 10.7. The summed E-state index contributed by atoms with van der Waals surface area (Å²) in [6, 6.07) is 5.78. The maximum absolute atomic E-state index is 12.8. The van der Waals surface area contributed by atoms with E-state index in [9.17, 15) is 19.7 Å². The molecule has 1 aromatic carbocycles. The lowest BCUT2D eigenvalue weighted by Crippen LogP contribution is -2.28. The van der Waals surface area contributed by atoms with E-state index >= 15 is 0 Å². The van der Waals surface area contributed by atoms with Crippen molar-refractivity contribution in [3.05, 3.63) is 56.8 Å². The Labute approximate surface area is 145 Å². The molecule has 1 heterocycles. The number of ether oxygens (including phenoxy) is 1. The third-order valence-corrected chi connectivity index (χ3v) is 3.86. The lowest BCUT2D eigenvalue weighted by molar-refractivity contribution is -0.384. The number of hydrogen-bond acceptors (Lipinski definition) is 5. The Hall–Kier alpha value is -2.96. The Morgan fingerprint density at radius 2 is 1.92 bits per heavy atom. The molecule has 0 fully saturated rings. The molecule has 132 valence electrons. The Bertz CT molecular complexity index is 775. The molecule has 0 radical (unpaired) electrons. The highest BCUT2D eigenvalue weighted by Crippen LogP contribution is 2.32. The lowest BCUT2D eigenvalue weighted by Gasteiger charge is -2.19. The number of hydrogen-bond donors (Lipinski definition) is 0. The molecule has 0 saturated heterocycles. The zero-order chi connectivity index (χ0) is 18.7. The van der Waals surface area contributed by atoms with Crippen molar-refractivity contribution >= 4 is 23.6 Å². The van der Waals surface area contributed by atoms with E-state index in [0.29, 0.717) is 17.8 Å². The van der Waals surface area contributed by atoms with Crippen molar-refractivity contribution in [3.8, 4) is 0 Å². The summed E-state index contributed by atoms with van der Waals surface area (Å²) < 4.78 is 4.82. The molecule has 7 nitrogen and oxygen atoms in total. The molecule has 7 heteroatoms. The summed E-state index contributed by atoms with van der Waals surface area (Å²) in [7, 11) is 1.27. The van der Waals surface area contributed by atoms with E-state index in [-0.39, 0.29) is 28.7 Å². The number of amides is 1. The van der Waals surface area contributed by atoms with Crippen LogP contribution in [0, 0.1) is 16.0 Å². The van der Waals surface area contributed by atoms with Gasteiger partial charge in [-0.05, 0) is 36.6 Å². The second-order valence-corrected chi connectivity index (χ2v) is 6.17. The van der Waals surface area contributed by atoms with Gasteiger partial charge in [0.1, 0.15) is 0 Å². The fourth-order valence-electron chi connectivity index (χ4n) is 2.67. The van der Waals surface area contributed by atoms with Crippen molar-refractivity contribution in [3.63, 3.8) is 0 Å². The van der Waals surface area contributed by atoms with Gasteiger partial charge < -0.3 is 9.64 Å². The third kappa shape index (κ3) is 3.76. The fourth-order valence-corrected chi connectivity index (χ4v) is 2.67. The van der Waals surface area contributed by atoms with Gasteiger partial charge in [0.15, 0.2) is 0 Å². The van der Waals surface area contributed by atoms with Crippen LogP contribution >= 0.6 is 0 Å². The molecule has 1 aliphatic heterocycles. The normalized spacial score (nSPS) is 16.1. The Morgan fingerprint density at radius 3 is 2.40 bits per heavy atom. The van der Waals surface area contributed by atoms with E-state index in [4.69, 9.17) is 4.74 Å². The van der Waals surface area contributed by atoms with Gasteiger partial charge in [-0.1, -0.05) is 13.8 Å². The molecule has 1 aliphatic rings. The zero-order valence-corrected chi connectivity index (χ0v) is 14.6. The number of allylic oxidation sites excluding steroid dienone is 1. The molecule has 0 saturated carbocycles. The molecule has 0 unspecified atom stereocenters. The van der Waals surface area contributed by atoms with Crippen LogP contribution in [0.5, 0.6) is 0 Å². The smallest absolute Gasteiger partial charge is 0.340 e. The summed E-state index contributed by atoms with van der Waals surface area (Å²) in [6.45, 7) is 6.17. The highest BCUT2D eigenvalue weighted by molar-refractivity contribution is 6.16. The molecule has 0 aliphatic carbocycles. The van der Waals surface area contributed by atoms with Gasteiger partial charge in [-0.2, -0.15) is 0 Å². The Kier molecular flexibility index (Phi) is 5.36. The van der Waals surface area contributed by atoms with E-state index in [0.717, 1.165) is 0 Å². The number of rotatable bonds is 5. The molecule has 0 bridgehead atoms. The quantitative estimate of drug-likeness (QED) is 0.354. The van der Waals surface area contributed by atoms with Crippen LogP contribution < -0.4 is 0 Å². The first kappa shape index (κ1) is 18.4. The molecule has 0 spiro atoms. The predicted molar refractivity (Wildman–Crippen MR) is 92.3 cm³/mol. The summed E-state index contributed by atoms with van der Waals surface area (Å²) >= 11 is 0. The summed E-state index contributed by atoms with van der Waals surface area (Å²) in [5.74, 6) is -0.619. The van der Waals surface area contributed by atoms with Gasteiger partial charge in [-0.25, -0.2) is 4.79 Å². The van der Waals surface area contributed by atoms with Gasteiger partial charge in [-0.3, -0.25) is 14.9 Å². The summed E-state index contributed by atoms with van der Waals surface area (Å²) in [4.78, 5) is 36.7.